The maximum Gasteiger partial charge on any atom is 0.361 e. The highest BCUT2D eigenvalue weighted by Crippen LogP contribution is 2.25. The Balaban J connectivity index is 2.43. The van der Waals surface area contributed by atoms with Crippen LogP contribution in [0.4, 0.5) is 0 Å². The Morgan fingerprint density at radius 1 is 1.21 bits per heavy atom. The van der Waals surface area contributed by atoms with Gasteiger partial charge in [0.2, 0.25) is 5.69 Å². The van der Waals surface area contributed by atoms with E-state index in [-0.39, 0.29) is 29.0 Å². The van der Waals surface area contributed by atoms with Gasteiger partial charge in [0.05, 0.1) is 16.6 Å². The molecule has 0 saturated heterocycles. The molecule has 0 atom stereocenters. The third kappa shape index (κ3) is 2.67. The van der Waals surface area contributed by atoms with Crippen LogP contribution in [0.5, 0.6) is 0 Å². The lowest BCUT2D eigenvalue weighted by Gasteiger charge is -2.17. The van der Waals surface area contributed by atoms with Gasteiger partial charge in [-0.3, -0.25) is 0 Å². The molecule has 0 aliphatic heterocycles. The lowest BCUT2D eigenvalue weighted by Crippen LogP contribution is -2.28. The quantitative estimate of drug-likeness (QED) is 0.508. The predicted molar refractivity (Wildman–Crippen MR) is 93.2 cm³/mol. The van der Waals surface area contributed by atoms with Crippen molar-refractivity contribution in [1.82, 2.24) is 4.73 Å². The number of hydrogen-bond donors (Lipinski definition) is 0. The largest absolute Gasteiger partial charge is 0.805 e. The topological polar surface area (TPSA) is 77.3 Å². The van der Waals surface area contributed by atoms with Gasteiger partial charge in [0.25, 0.3) is 5.52 Å². The zero-order valence-corrected chi connectivity index (χ0v) is 14.3. The molecule has 2 aromatic carbocycles. The van der Waals surface area contributed by atoms with Gasteiger partial charge in [-0.05, 0) is 37.3 Å². The molecular formula is C17H13BrN2O4. The molecule has 0 radical (unpaired) electrons. The van der Waals surface area contributed by atoms with Crippen LogP contribution >= 0.6 is 15.9 Å². The Labute approximate surface area is 145 Å². The average molecular weight is 389 g/mol. The number of fused-ring (bicyclic) bond motifs is 1. The maximum absolute atomic E-state index is 12.8. The molecule has 122 valence electrons. The number of rotatable bonds is 3. The molecule has 24 heavy (non-hydrogen) atoms. The summed E-state index contributed by atoms with van der Waals surface area (Å²) in [4.78, 5) is 25.2. The van der Waals surface area contributed by atoms with E-state index in [1.54, 1.807) is 43.3 Å². The van der Waals surface area contributed by atoms with Crippen LogP contribution in [0.3, 0.4) is 0 Å². The number of nitrogens with zero attached hydrogens (tertiary/aromatic N) is 2. The summed E-state index contributed by atoms with van der Waals surface area (Å²) < 4.78 is 6.85. The number of halogens is 1. The second kappa shape index (κ2) is 6.45. The molecule has 1 aromatic heterocycles. The molecule has 0 aliphatic carbocycles. The number of ether oxygens (including phenoxy) is 1. The van der Waals surface area contributed by atoms with Crippen molar-refractivity contribution in [1.29, 1.82) is 0 Å². The second-order valence-corrected chi connectivity index (χ2v) is 5.92. The van der Waals surface area contributed by atoms with Crippen molar-refractivity contribution in [3.63, 3.8) is 0 Å². The molecule has 0 bridgehead atoms. The standard InChI is InChI=1S/C17H13BrN2O4/c1-2-24-17(21)16-15(11-7-9-12(18)10-8-11)19(22)13-5-3-4-6-14(13)20(16)23/h3-10H,2H2,1H3. The summed E-state index contributed by atoms with van der Waals surface area (Å²) in [6, 6.07) is 13.1. The summed E-state index contributed by atoms with van der Waals surface area (Å²) in [7, 11) is 0. The van der Waals surface area contributed by atoms with E-state index in [2.05, 4.69) is 15.9 Å². The summed E-state index contributed by atoms with van der Waals surface area (Å²) >= 11 is 3.32. The van der Waals surface area contributed by atoms with Gasteiger partial charge >= 0.3 is 11.7 Å². The minimum absolute atomic E-state index is 0.0327. The van der Waals surface area contributed by atoms with Crippen LogP contribution in [0, 0.1) is 10.1 Å². The number of aromatic nitrogens is 2. The van der Waals surface area contributed by atoms with E-state index in [4.69, 9.17) is 4.74 Å². The van der Waals surface area contributed by atoms with E-state index in [0.717, 1.165) is 4.47 Å². The number of hydrogen-bond acceptors (Lipinski definition) is 4. The molecule has 6 nitrogen and oxygen atoms in total. The van der Waals surface area contributed by atoms with Gasteiger partial charge in [-0.1, -0.05) is 28.1 Å². The number of carbonyl (C=O) groups is 1. The monoisotopic (exact) mass is 388 g/mol. The molecular weight excluding hydrogens is 376 g/mol. The van der Waals surface area contributed by atoms with Crippen LogP contribution in [0.2, 0.25) is 0 Å². The number of benzene rings is 2. The summed E-state index contributed by atoms with van der Waals surface area (Å²) in [6.07, 6.45) is 0. The zero-order chi connectivity index (χ0) is 17.3. The highest BCUT2D eigenvalue weighted by Gasteiger charge is 2.29. The second-order valence-electron chi connectivity index (χ2n) is 5.00. The van der Waals surface area contributed by atoms with E-state index in [0.29, 0.717) is 14.7 Å². The molecule has 0 aliphatic rings. The lowest BCUT2D eigenvalue weighted by molar-refractivity contribution is -0.452. The normalized spacial score (nSPS) is 10.8. The molecule has 3 rings (SSSR count). The first-order valence-electron chi connectivity index (χ1n) is 7.25. The summed E-state index contributed by atoms with van der Waals surface area (Å²) in [5.41, 5.74) is 0.379. The van der Waals surface area contributed by atoms with E-state index in [1.807, 2.05) is 0 Å². The van der Waals surface area contributed by atoms with Crippen molar-refractivity contribution in [2.45, 2.75) is 6.92 Å². The molecule has 0 fully saturated rings. The van der Waals surface area contributed by atoms with Gasteiger partial charge < -0.3 is 14.7 Å². The van der Waals surface area contributed by atoms with Gasteiger partial charge in [0, 0.05) is 15.4 Å². The van der Waals surface area contributed by atoms with E-state index < -0.39 is 5.97 Å². The van der Waals surface area contributed by atoms with Crippen molar-refractivity contribution >= 4 is 32.9 Å². The van der Waals surface area contributed by atoms with Crippen molar-refractivity contribution < 1.29 is 14.0 Å². The number of para-hydroxylation sites is 2. The summed E-state index contributed by atoms with van der Waals surface area (Å²) in [6.45, 7) is 1.74. The Morgan fingerprint density at radius 2 is 1.88 bits per heavy atom. The molecule has 3 aromatic rings. The zero-order valence-electron chi connectivity index (χ0n) is 12.7. The fourth-order valence-corrected chi connectivity index (χ4v) is 2.75. The first-order chi connectivity index (χ1) is 11.5. The summed E-state index contributed by atoms with van der Waals surface area (Å²) in [5, 5.41) is 12.7. The predicted octanol–water partition coefficient (Wildman–Crippen LogP) is 3.51. The van der Waals surface area contributed by atoms with Gasteiger partial charge in [0.15, 0.2) is 0 Å². The molecule has 1 heterocycles. The summed E-state index contributed by atoms with van der Waals surface area (Å²) in [5.74, 6) is -0.833. The third-order valence-electron chi connectivity index (χ3n) is 3.54. The van der Waals surface area contributed by atoms with E-state index >= 15 is 0 Å². The maximum atomic E-state index is 12.8. The van der Waals surface area contributed by atoms with Crippen LogP contribution < -0.4 is 4.43 Å². The number of carbonyl (C=O) groups excluding carboxylic acids is 1. The minimum Gasteiger partial charge on any atom is -0.805 e. The van der Waals surface area contributed by atoms with Gasteiger partial charge in [0.1, 0.15) is 5.52 Å². The van der Waals surface area contributed by atoms with Crippen molar-refractivity contribution in [3.8, 4) is 11.3 Å². The molecule has 0 spiro atoms. The van der Waals surface area contributed by atoms with Crippen LogP contribution in [0.25, 0.3) is 22.3 Å². The average Bonchev–Trinajstić information content (AvgIpc) is 2.59. The van der Waals surface area contributed by atoms with E-state index in [1.165, 1.54) is 12.1 Å². The van der Waals surface area contributed by atoms with Gasteiger partial charge in [-0.25, -0.2) is 4.79 Å². The van der Waals surface area contributed by atoms with Crippen molar-refractivity contribution in [2.75, 3.05) is 6.61 Å². The van der Waals surface area contributed by atoms with Crippen LogP contribution in [-0.2, 0) is 4.74 Å². The van der Waals surface area contributed by atoms with Crippen LogP contribution in [-0.4, -0.2) is 17.3 Å². The highest BCUT2D eigenvalue weighted by atomic mass is 79.9. The fraction of sp³-hybridized carbons (Fsp3) is 0.118. The third-order valence-corrected chi connectivity index (χ3v) is 4.06. The minimum atomic E-state index is -0.833. The molecule has 0 saturated carbocycles. The Kier molecular flexibility index (Phi) is 4.35. The van der Waals surface area contributed by atoms with Crippen molar-refractivity contribution in [3.05, 3.63) is 68.8 Å². The first kappa shape index (κ1) is 16.2. The fourth-order valence-electron chi connectivity index (χ4n) is 2.48. The Hall–Kier alpha value is -2.67. The molecule has 7 heteroatoms. The molecule has 0 unspecified atom stereocenters. The van der Waals surface area contributed by atoms with E-state index in [9.17, 15) is 14.9 Å². The van der Waals surface area contributed by atoms with Crippen molar-refractivity contribution in [2.24, 2.45) is 0 Å². The number of esters is 1. The molecule has 0 N–H and O–H groups in total. The highest BCUT2D eigenvalue weighted by molar-refractivity contribution is 9.10. The van der Waals surface area contributed by atoms with Crippen LogP contribution in [0.15, 0.2) is 53.0 Å². The van der Waals surface area contributed by atoms with Crippen LogP contribution in [0.1, 0.15) is 17.4 Å². The Bertz CT molecular complexity index is 980. The first-order valence-corrected chi connectivity index (χ1v) is 8.04. The smallest absolute Gasteiger partial charge is 0.361 e. The molecule has 0 amide bonds. The lowest BCUT2D eigenvalue weighted by atomic mass is 10.1. The Morgan fingerprint density at radius 3 is 2.54 bits per heavy atom. The van der Waals surface area contributed by atoms with Gasteiger partial charge in [-0.2, -0.15) is 0 Å². The SMILES string of the molecule is CCOC(=O)c1c(-c2ccc(Br)cc2)[n+](=O)c2ccccc2n1[O-]. The van der Waals surface area contributed by atoms with Gasteiger partial charge in [-0.15, -0.1) is 0 Å².